The van der Waals surface area contributed by atoms with Crippen molar-refractivity contribution in [2.45, 2.75) is 155 Å². The van der Waals surface area contributed by atoms with E-state index >= 15 is 0 Å². The highest BCUT2D eigenvalue weighted by Gasteiger charge is 2.60. The van der Waals surface area contributed by atoms with Gasteiger partial charge in [0.2, 0.25) is 12.6 Å². The van der Waals surface area contributed by atoms with Gasteiger partial charge in [-0.2, -0.15) is 0 Å². The summed E-state index contributed by atoms with van der Waals surface area (Å²) in [5, 5.41) is 11.5. The van der Waals surface area contributed by atoms with Gasteiger partial charge in [-0.15, -0.1) is 0 Å². The first-order valence-corrected chi connectivity index (χ1v) is 19.3. The van der Waals surface area contributed by atoms with Crippen LogP contribution >= 0.6 is 0 Å². The number of esters is 7. The highest BCUT2D eigenvalue weighted by atomic mass is 28.3. The van der Waals surface area contributed by atoms with Crippen LogP contribution in [0.5, 0.6) is 0 Å². The summed E-state index contributed by atoms with van der Waals surface area (Å²) in [6, 6.07) is 0. The Morgan fingerprint density at radius 2 is 0.922 bits per heavy atom. The number of rotatable bonds is 12. The Balaban J connectivity index is 2.83. The van der Waals surface area contributed by atoms with E-state index in [1.807, 2.05) is 33.9 Å². The van der Waals surface area contributed by atoms with Gasteiger partial charge < -0.3 is 52.5 Å². The number of ether oxygens (including phenoxy) is 10. The Hall–Kier alpha value is -3.65. The van der Waals surface area contributed by atoms with E-state index in [-0.39, 0.29) is 0 Å². The molecule has 51 heavy (non-hydrogen) atoms. The lowest BCUT2D eigenvalue weighted by Crippen LogP contribution is -2.70. The van der Waals surface area contributed by atoms with Crippen molar-refractivity contribution >= 4 is 49.9 Å². The predicted octanol–water partition coefficient (Wildman–Crippen LogP) is 1.01. The summed E-state index contributed by atoms with van der Waals surface area (Å²) >= 11 is 0. The van der Waals surface area contributed by atoms with Gasteiger partial charge in [0.15, 0.2) is 36.6 Å². The van der Waals surface area contributed by atoms with Crippen LogP contribution in [0.1, 0.15) is 69.2 Å². The van der Waals surface area contributed by atoms with E-state index in [2.05, 4.69) is 0 Å². The Morgan fingerprint density at radius 1 is 0.569 bits per heavy atom. The molecule has 2 heterocycles. The predicted molar refractivity (Wildman–Crippen MR) is 172 cm³/mol. The first kappa shape index (κ1) is 43.5. The average molecular weight is 751 g/mol. The molecule has 2 saturated heterocycles. The Morgan fingerprint density at radius 3 is 1.31 bits per heavy atom. The molecule has 0 spiro atoms. The molecule has 0 aliphatic carbocycles. The number of aliphatic hydroxyl groups is 1. The standard InChI is InChI=1S/C32H50O18Si/c1-14(33)41-13-21-22(42-15(2)34)23(43-16(3)35)27(46-19(6)38)30(48-21)50-31-28(47-20(7)39)25(45-18(5)37)24(44-17(4)36)26(49-31)29(40)51(11,12)32(8,9)10/h21-31,40H,13H2,1-12H3/t21-,22-,23+,24+,25+,26+,27-,28-,29?,30-,31+/m1/s1. The van der Waals surface area contributed by atoms with Crippen LogP contribution in [-0.4, -0.2) is 129 Å². The molecule has 0 bridgehead atoms. The van der Waals surface area contributed by atoms with Crippen LogP contribution in [0, 0.1) is 0 Å². The maximum Gasteiger partial charge on any atom is 0.303 e. The molecule has 19 heteroatoms. The average Bonchev–Trinajstić information content (AvgIpc) is 2.95. The van der Waals surface area contributed by atoms with Crippen molar-refractivity contribution in [3.05, 3.63) is 0 Å². The molecule has 0 saturated carbocycles. The fourth-order valence-electron chi connectivity index (χ4n) is 5.45. The summed E-state index contributed by atoms with van der Waals surface area (Å²) in [5.74, 6) is -6.07. The topological polar surface area (TPSA) is 232 Å². The fourth-order valence-corrected chi connectivity index (χ4v) is 7.43. The lowest BCUT2D eigenvalue weighted by molar-refractivity contribution is -0.379. The maximum atomic E-state index is 12.5. The zero-order valence-corrected chi connectivity index (χ0v) is 31.9. The fraction of sp³-hybridized carbons (Fsp3) is 0.781. The normalized spacial score (nSPS) is 30.1. The van der Waals surface area contributed by atoms with E-state index < -0.39 is 129 Å². The minimum absolute atomic E-state index is 0.476. The van der Waals surface area contributed by atoms with E-state index in [0.29, 0.717) is 0 Å². The van der Waals surface area contributed by atoms with Crippen LogP contribution in [0.2, 0.25) is 18.1 Å². The second kappa shape index (κ2) is 17.7. The lowest BCUT2D eigenvalue weighted by Gasteiger charge is -2.51. The van der Waals surface area contributed by atoms with Crippen LogP contribution in [0.4, 0.5) is 0 Å². The largest absolute Gasteiger partial charge is 0.463 e. The molecule has 2 aliphatic heterocycles. The van der Waals surface area contributed by atoms with E-state index in [0.717, 1.165) is 48.5 Å². The monoisotopic (exact) mass is 750 g/mol. The van der Waals surface area contributed by atoms with Gasteiger partial charge in [-0.1, -0.05) is 33.9 Å². The van der Waals surface area contributed by atoms with Gasteiger partial charge in [-0.05, 0) is 5.04 Å². The third kappa shape index (κ3) is 11.7. The second-order valence-corrected chi connectivity index (χ2v) is 19.3. The molecule has 1 N–H and O–H groups in total. The summed E-state index contributed by atoms with van der Waals surface area (Å²) in [7, 11) is -2.84. The molecule has 2 aliphatic rings. The van der Waals surface area contributed by atoms with Crippen molar-refractivity contribution in [2.24, 2.45) is 0 Å². The minimum Gasteiger partial charge on any atom is -0.463 e. The Kier molecular flexibility index (Phi) is 15.1. The molecule has 2 rings (SSSR count). The Bertz CT molecular complexity index is 1310. The molecule has 0 aromatic carbocycles. The molecule has 0 amide bonds. The van der Waals surface area contributed by atoms with Crippen molar-refractivity contribution in [3.8, 4) is 0 Å². The number of aliphatic hydroxyl groups excluding tert-OH is 1. The van der Waals surface area contributed by atoms with Crippen molar-refractivity contribution < 1.29 is 86.0 Å². The van der Waals surface area contributed by atoms with E-state index in [9.17, 15) is 38.7 Å². The van der Waals surface area contributed by atoms with Gasteiger partial charge in [0.25, 0.3) is 0 Å². The van der Waals surface area contributed by atoms with E-state index in [1.54, 1.807) is 0 Å². The molecule has 0 aromatic heterocycles. The quantitative estimate of drug-likeness (QED) is 0.167. The summed E-state index contributed by atoms with van der Waals surface area (Å²) in [6.45, 7) is 16.3. The SMILES string of the molecule is CC(=O)OC[C@H]1O[C@H](O[C@@H]2O[C@H](C(O)[Si](C)(C)C(C)(C)C)[C@@H](OC(C)=O)[C@H](OC(C)=O)[C@H]2OC(C)=O)[C@H](OC(C)=O)[C@@H](OC(C)=O)[C@@H]1OC(C)=O. The molecule has 0 radical (unpaired) electrons. The van der Waals surface area contributed by atoms with Crippen LogP contribution in [0.15, 0.2) is 0 Å². The van der Waals surface area contributed by atoms with Crippen molar-refractivity contribution in [1.82, 2.24) is 0 Å². The van der Waals surface area contributed by atoms with E-state index in [4.69, 9.17) is 47.4 Å². The van der Waals surface area contributed by atoms with Crippen molar-refractivity contribution in [3.63, 3.8) is 0 Å². The highest BCUT2D eigenvalue weighted by molar-refractivity contribution is 6.81. The molecule has 18 nitrogen and oxygen atoms in total. The number of carbonyl (C=O) groups is 7. The zero-order chi connectivity index (χ0) is 39.2. The highest BCUT2D eigenvalue weighted by Crippen LogP contribution is 2.43. The summed E-state index contributed by atoms with van der Waals surface area (Å²) in [6.07, 6.45) is -16.3. The first-order chi connectivity index (χ1) is 23.4. The minimum atomic E-state index is -2.84. The van der Waals surface area contributed by atoms with Gasteiger partial charge in [-0.25, -0.2) is 0 Å². The summed E-state index contributed by atoms with van der Waals surface area (Å²) in [5.41, 5.74) is -1.35. The Labute approximate surface area is 296 Å². The first-order valence-electron chi connectivity index (χ1n) is 16.2. The molecular formula is C32H50O18Si. The lowest BCUT2D eigenvalue weighted by atomic mass is 9.96. The molecular weight excluding hydrogens is 700 g/mol. The third-order valence-corrected chi connectivity index (χ3v) is 14.3. The molecule has 0 aromatic rings. The second-order valence-electron chi connectivity index (χ2n) is 13.8. The summed E-state index contributed by atoms with van der Waals surface area (Å²) < 4.78 is 56.6. The van der Waals surface area contributed by atoms with E-state index in [1.165, 1.54) is 0 Å². The molecule has 290 valence electrons. The van der Waals surface area contributed by atoms with Gasteiger partial charge in [0.1, 0.15) is 18.8 Å². The number of hydrogen-bond acceptors (Lipinski definition) is 18. The van der Waals surface area contributed by atoms with Gasteiger partial charge in [0, 0.05) is 48.5 Å². The smallest absolute Gasteiger partial charge is 0.303 e. The third-order valence-electron chi connectivity index (χ3n) is 8.64. The van der Waals surface area contributed by atoms with Crippen LogP contribution in [-0.2, 0) is 80.9 Å². The van der Waals surface area contributed by atoms with Crippen LogP contribution < -0.4 is 0 Å². The van der Waals surface area contributed by atoms with Gasteiger partial charge in [-0.3, -0.25) is 33.6 Å². The van der Waals surface area contributed by atoms with Crippen molar-refractivity contribution in [2.75, 3.05) is 6.61 Å². The molecule has 11 atom stereocenters. The van der Waals surface area contributed by atoms with Crippen LogP contribution in [0.25, 0.3) is 0 Å². The maximum absolute atomic E-state index is 12.5. The summed E-state index contributed by atoms with van der Waals surface area (Å²) in [4.78, 5) is 86.0. The zero-order valence-electron chi connectivity index (χ0n) is 30.9. The molecule has 2 fully saturated rings. The van der Waals surface area contributed by atoms with Gasteiger partial charge in [0.05, 0.1) is 13.8 Å². The number of carbonyl (C=O) groups excluding carboxylic acids is 7. The molecule has 1 unspecified atom stereocenters. The van der Waals surface area contributed by atoms with Gasteiger partial charge >= 0.3 is 41.8 Å². The van der Waals surface area contributed by atoms with Crippen molar-refractivity contribution in [1.29, 1.82) is 0 Å². The van der Waals surface area contributed by atoms with Crippen LogP contribution in [0.3, 0.4) is 0 Å². The number of hydrogen-bond donors (Lipinski definition) is 1.